The Morgan fingerprint density at radius 3 is 2.00 bits per heavy atom. The maximum atomic E-state index is 10.2. The van der Waals surface area contributed by atoms with Gasteiger partial charge in [0.2, 0.25) is 0 Å². The first kappa shape index (κ1) is 14.4. The zero-order valence-corrected chi connectivity index (χ0v) is 12.3. The number of benzene rings is 3. The van der Waals surface area contributed by atoms with E-state index in [1.54, 1.807) is 6.07 Å². The first-order chi connectivity index (χ1) is 10.8. The van der Waals surface area contributed by atoms with Crippen LogP contribution in [0.1, 0.15) is 22.7 Å². The third-order valence-corrected chi connectivity index (χ3v) is 3.73. The average molecular weight is 289 g/mol. The molecule has 0 aromatic heterocycles. The Bertz CT molecular complexity index is 710. The minimum atomic E-state index is -0.0393. The van der Waals surface area contributed by atoms with Crippen molar-refractivity contribution in [1.29, 1.82) is 0 Å². The topological polar surface area (TPSA) is 32.3 Å². The fourth-order valence-corrected chi connectivity index (χ4v) is 2.60. The van der Waals surface area contributed by atoms with Crippen LogP contribution in [0.15, 0.2) is 84.9 Å². The van der Waals surface area contributed by atoms with Gasteiger partial charge in [0.25, 0.3) is 0 Å². The van der Waals surface area contributed by atoms with E-state index in [0.717, 1.165) is 17.7 Å². The molecule has 2 heteroatoms. The molecular weight excluding hydrogens is 270 g/mol. The van der Waals surface area contributed by atoms with Crippen molar-refractivity contribution in [1.82, 2.24) is 5.32 Å². The fraction of sp³-hybridized carbons (Fsp3) is 0.100. The van der Waals surface area contributed by atoms with Gasteiger partial charge in [0.1, 0.15) is 5.75 Å². The van der Waals surface area contributed by atoms with E-state index in [1.807, 2.05) is 54.6 Å². The summed E-state index contributed by atoms with van der Waals surface area (Å²) < 4.78 is 0. The first-order valence-electron chi connectivity index (χ1n) is 7.45. The molecule has 0 aliphatic carbocycles. The second kappa shape index (κ2) is 6.92. The van der Waals surface area contributed by atoms with Gasteiger partial charge in [0.05, 0.1) is 6.04 Å². The van der Waals surface area contributed by atoms with Gasteiger partial charge < -0.3 is 10.4 Å². The third-order valence-electron chi connectivity index (χ3n) is 3.73. The predicted octanol–water partition coefficient (Wildman–Crippen LogP) is 4.27. The summed E-state index contributed by atoms with van der Waals surface area (Å²) in [5.74, 6) is 0.317. The highest BCUT2D eigenvalue weighted by Gasteiger charge is 2.16. The summed E-state index contributed by atoms with van der Waals surface area (Å²) in [7, 11) is 0. The van der Waals surface area contributed by atoms with Crippen molar-refractivity contribution in [2.75, 3.05) is 0 Å². The van der Waals surface area contributed by atoms with Crippen LogP contribution in [-0.4, -0.2) is 5.11 Å². The molecule has 110 valence electrons. The van der Waals surface area contributed by atoms with E-state index in [9.17, 15) is 5.11 Å². The maximum absolute atomic E-state index is 10.2. The molecule has 0 unspecified atom stereocenters. The van der Waals surface area contributed by atoms with Crippen molar-refractivity contribution in [2.24, 2.45) is 0 Å². The van der Waals surface area contributed by atoms with E-state index in [4.69, 9.17) is 0 Å². The Kier molecular flexibility index (Phi) is 4.52. The van der Waals surface area contributed by atoms with Crippen molar-refractivity contribution >= 4 is 0 Å². The number of nitrogens with one attached hydrogen (secondary N) is 1. The van der Waals surface area contributed by atoms with Gasteiger partial charge in [-0.05, 0) is 17.2 Å². The first-order valence-corrected chi connectivity index (χ1v) is 7.45. The van der Waals surface area contributed by atoms with Crippen LogP contribution < -0.4 is 5.32 Å². The van der Waals surface area contributed by atoms with E-state index in [0.29, 0.717) is 5.75 Å². The Balaban J connectivity index is 1.89. The molecule has 0 radical (unpaired) electrons. The molecule has 3 rings (SSSR count). The van der Waals surface area contributed by atoms with Gasteiger partial charge in [0.15, 0.2) is 0 Å². The minimum absolute atomic E-state index is 0.0393. The summed E-state index contributed by atoms with van der Waals surface area (Å²) in [6.07, 6.45) is 0. The molecule has 2 nitrogen and oxygen atoms in total. The summed E-state index contributed by atoms with van der Waals surface area (Å²) in [6.45, 7) is 0.745. The lowest BCUT2D eigenvalue weighted by molar-refractivity contribution is 0.457. The van der Waals surface area contributed by atoms with E-state index < -0.39 is 0 Å². The molecule has 0 spiro atoms. The molecule has 0 heterocycles. The van der Waals surface area contributed by atoms with Crippen molar-refractivity contribution < 1.29 is 5.11 Å². The van der Waals surface area contributed by atoms with Crippen LogP contribution >= 0.6 is 0 Å². The van der Waals surface area contributed by atoms with Crippen LogP contribution in [-0.2, 0) is 6.54 Å². The molecule has 3 aromatic carbocycles. The van der Waals surface area contributed by atoms with Crippen molar-refractivity contribution in [2.45, 2.75) is 12.6 Å². The monoisotopic (exact) mass is 289 g/mol. The molecule has 0 aliphatic heterocycles. The zero-order valence-electron chi connectivity index (χ0n) is 12.3. The molecule has 0 aliphatic rings. The number of hydrogen-bond donors (Lipinski definition) is 2. The van der Waals surface area contributed by atoms with E-state index in [1.165, 1.54) is 5.56 Å². The van der Waals surface area contributed by atoms with Gasteiger partial charge in [-0.1, -0.05) is 78.9 Å². The van der Waals surface area contributed by atoms with Crippen LogP contribution in [0.25, 0.3) is 0 Å². The van der Waals surface area contributed by atoms with Gasteiger partial charge in [-0.15, -0.1) is 0 Å². The summed E-state index contributed by atoms with van der Waals surface area (Å²) in [6, 6.07) is 27.9. The highest BCUT2D eigenvalue weighted by atomic mass is 16.3. The highest BCUT2D eigenvalue weighted by Crippen LogP contribution is 2.29. The Labute approximate surface area is 131 Å². The summed E-state index contributed by atoms with van der Waals surface area (Å²) in [4.78, 5) is 0. The van der Waals surface area contributed by atoms with Crippen molar-refractivity contribution in [3.05, 3.63) is 102 Å². The fourth-order valence-electron chi connectivity index (χ4n) is 2.60. The summed E-state index contributed by atoms with van der Waals surface area (Å²) in [5.41, 5.74) is 3.25. The maximum Gasteiger partial charge on any atom is 0.120 e. The number of para-hydroxylation sites is 1. The molecule has 0 bridgehead atoms. The van der Waals surface area contributed by atoms with Crippen molar-refractivity contribution in [3.63, 3.8) is 0 Å². The lowest BCUT2D eigenvalue weighted by atomic mass is 9.97. The van der Waals surface area contributed by atoms with Crippen LogP contribution in [0.5, 0.6) is 5.75 Å². The minimum Gasteiger partial charge on any atom is -0.508 e. The van der Waals surface area contributed by atoms with Gasteiger partial charge in [-0.3, -0.25) is 0 Å². The second-order valence-corrected chi connectivity index (χ2v) is 5.27. The van der Waals surface area contributed by atoms with Gasteiger partial charge >= 0.3 is 0 Å². The van der Waals surface area contributed by atoms with E-state index in [-0.39, 0.29) is 6.04 Å². The third kappa shape index (κ3) is 3.35. The predicted molar refractivity (Wildman–Crippen MR) is 89.7 cm³/mol. The lowest BCUT2D eigenvalue weighted by Crippen LogP contribution is -2.22. The smallest absolute Gasteiger partial charge is 0.120 e. The quantitative estimate of drug-likeness (QED) is 0.735. The standard InChI is InChI=1S/C20H19NO/c22-19-14-8-7-13-18(19)20(17-11-5-2-6-12-17)21-15-16-9-3-1-4-10-16/h1-14,20-22H,15H2/t20-/m1/s1. The molecule has 22 heavy (non-hydrogen) atoms. The normalized spacial score (nSPS) is 12.0. The number of phenolic OH excluding ortho intramolecular Hbond substituents is 1. The summed E-state index contributed by atoms with van der Waals surface area (Å²) >= 11 is 0. The van der Waals surface area contributed by atoms with E-state index >= 15 is 0 Å². The largest absolute Gasteiger partial charge is 0.508 e. The molecule has 0 saturated heterocycles. The van der Waals surface area contributed by atoms with Gasteiger partial charge in [-0.2, -0.15) is 0 Å². The average Bonchev–Trinajstić information content (AvgIpc) is 2.58. The van der Waals surface area contributed by atoms with Gasteiger partial charge in [-0.25, -0.2) is 0 Å². The Morgan fingerprint density at radius 2 is 1.32 bits per heavy atom. The second-order valence-electron chi connectivity index (χ2n) is 5.27. The zero-order chi connectivity index (χ0) is 15.2. The Hall–Kier alpha value is -2.58. The number of rotatable bonds is 5. The van der Waals surface area contributed by atoms with Crippen LogP contribution in [0, 0.1) is 0 Å². The van der Waals surface area contributed by atoms with Crippen LogP contribution in [0.4, 0.5) is 0 Å². The molecule has 1 atom stereocenters. The van der Waals surface area contributed by atoms with E-state index in [2.05, 4.69) is 29.6 Å². The van der Waals surface area contributed by atoms with Crippen LogP contribution in [0.2, 0.25) is 0 Å². The van der Waals surface area contributed by atoms with Crippen LogP contribution in [0.3, 0.4) is 0 Å². The summed E-state index contributed by atoms with van der Waals surface area (Å²) in [5, 5.41) is 13.7. The number of aromatic hydroxyl groups is 1. The molecule has 0 amide bonds. The SMILES string of the molecule is Oc1ccccc1[C@H](NCc1ccccc1)c1ccccc1. The Morgan fingerprint density at radius 1 is 0.727 bits per heavy atom. The van der Waals surface area contributed by atoms with Gasteiger partial charge in [0, 0.05) is 12.1 Å². The highest BCUT2D eigenvalue weighted by molar-refractivity contribution is 5.40. The molecule has 0 fully saturated rings. The molecule has 3 aromatic rings. The number of phenols is 1. The molecule has 0 saturated carbocycles. The lowest BCUT2D eigenvalue weighted by Gasteiger charge is -2.21. The molecule has 2 N–H and O–H groups in total. The number of hydrogen-bond acceptors (Lipinski definition) is 2. The molecular formula is C20H19NO. The van der Waals surface area contributed by atoms with Crippen molar-refractivity contribution in [3.8, 4) is 5.75 Å².